The van der Waals surface area contributed by atoms with E-state index in [1.807, 2.05) is 0 Å². The van der Waals surface area contributed by atoms with Crippen LogP contribution in [-0.2, 0) is 0 Å². The molecule has 0 spiro atoms. The maximum Gasteiger partial charge on any atom is 0.133 e. The fraction of sp³-hybridized carbons (Fsp3) is 0.0769. The summed E-state index contributed by atoms with van der Waals surface area (Å²) in [6, 6.07) is 9.96. The molecular formula is C13H9BrClFO. The summed E-state index contributed by atoms with van der Waals surface area (Å²) in [4.78, 5) is 0. The van der Waals surface area contributed by atoms with Crippen LogP contribution < -0.4 is 4.74 Å². The van der Waals surface area contributed by atoms with Gasteiger partial charge in [-0.05, 0) is 45.8 Å². The summed E-state index contributed by atoms with van der Waals surface area (Å²) in [5, 5.41) is 0.384. The van der Waals surface area contributed by atoms with E-state index in [1.165, 1.54) is 6.07 Å². The van der Waals surface area contributed by atoms with Crippen LogP contribution in [0.25, 0.3) is 11.1 Å². The number of rotatable bonds is 2. The Balaban J connectivity index is 2.61. The Hall–Kier alpha value is -1.06. The van der Waals surface area contributed by atoms with Crippen molar-refractivity contribution in [3.8, 4) is 16.9 Å². The van der Waals surface area contributed by atoms with Crippen molar-refractivity contribution in [2.45, 2.75) is 0 Å². The van der Waals surface area contributed by atoms with E-state index in [-0.39, 0.29) is 5.82 Å². The van der Waals surface area contributed by atoms with E-state index in [4.69, 9.17) is 16.3 Å². The highest BCUT2D eigenvalue weighted by Gasteiger charge is 2.11. The fourth-order valence-electron chi connectivity index (χ4n) is 1.59. The average Bonchev–Trinajstić information content (AvgIpc) is 2.31. The lowest BCUT2D eigenvalue weighted by Crippen LogP contribution is -1.89. The van der Waals surface area contributed by atoms with Crippen molar-refractivity contribution < 1.29 is 9.13 Å². The lowest BCUT2D eigenvalue weighted by molar-refractivity contribution is 0.412. The van der Waals surface area contributed by atoms with Crippen LogP contribution in [0.2, 0.25) is 5.02 Å². The van der Waals surface area contributed by atoms with E-state index >= 15 is 0 Å². The summed E-state index contributed by atoms with van der Waals surface area (Å²) in [5.41, 5.74) is 1.08. The van der Waals surface area contributed by atoms with E-state index in [1.54, 1.807) is 37.4 Å². The van der Waals surface area contributed by atoms with Gasteiger partial charge in [-0.15, -0.1) is 0 Å². The first-order valence-electron chi connectivity index (χ1n) is 4.91. The van der Waals surface area contributed by atoms with Crippen molar-refractivity contribution in [1.82, 2.24) is 0 Å². The van der Waals surface area contributed by atoms with Crippen molar-refractivity contribution in [2.75, 3.05) is 7.11 Å². The Bertz CT molecular complexity index is 537. The molecule has 4 heteroatoms. The third-order valence-electron chi connectivity index (χ3n) is 2.40. The molecule has 2 aromatic carbocycles. The molecule has 0 radical (unpaired) electrons. The summed E-state index contributed by atoms with van der Waals surface area (Å²) in [6.07, 6.45) is 0. The molecule has 1 nitrogen and oxygen atoms in total. The topological polar surface area (TPSA) is 9.23 Å². The Morgan fingerprint density at radius 3 is 2.65 bits per heavy atom. The zero-order valence-corrected chi connectivity index (χ0v) is 11.3. The lowest BCUT2D eigenvalue weighted by Gasteiger charge is -2.09. The number of hydrogen-bond donors (Lipinski definition) is 0. The van der Waals surface area contributed by atoms with Gasteiger partial charge in [0, 0.05) is 5.56 Å². The highest BCUT2D eigenvalue weighted by atomic mass is 79.9. The molecule has 0 unspecified atom stereocenters. The maximum atomic E-state index is 13.7. The Morgan fingerprint density at radius 1 is 1.24 bits per heavy atom. The highest BCUT2D eigenvalue weighted by molar-refractivity contribution is 9.10. The van der Waals surface area contributed by atoms with Gasteiger partial charge in [0.25, 0.3) is 0 Å². The third-order valence-corrected chi connectivity index (χ3v) is 3.37. The fourth-order valence-corrected chi connectivity index (χ4v) is 2.27. The molecule has 0 saturated carbocycles. The zero-order chi connectivity index (χ0) is 12.4. The summed E-state index contributed by atoms with van der Waals surface area (Å²) < 4.78 is 19.7. The van der Waals surface area contributed by atoms with Crippen molar-refractivity contribution in [3.05, 3.63) is 51.7 Å². The number of hydrogen-bond acceptors (Lipinski definition) is 1. The molecule has 0 aliphatic heterocycles. The molecule has 0 amide bonds. The standard InChI is InChI=1S/C13H9BrClFO/c1-17-12-7-8(5-6-9(12)14)13-10(15)3-2-4-11(13)16/h2-7H,1H3. The molecule has 88 valence electrons. The summed E-state index contributed by atoms with van der Waals surface area (Å²) >= 11 is 9.36. The second-order valence-electron chi connectivity index (χ2n) is 3.45. The Labute approximate surface area is 112 Å². The number of methoxy groups -OCH3 is 1. The van der Waals surface area contributed by atoms with E-state index in [2.05, 4.69) is 15.9 Å². The predicted octanol–water partition coefficient (Wildman–Crippen LogP) is 4.92. The van der Waals surface area contributed by atoms with Gasteiger partial charge in [-0.2, -0.15) is 0 Å². The molecule has 0 aliphatic rings. The van der Waals surface area contributed by atoms with Crippen molar-refractivity contribution in [2.24, 2.45) is 0 Å². The molecule has 0 N–H and O–H groups in total. The monoisotopic (exact) mass is 314 g/mol. The van der Waals surface area contributed by atoms with Crippen LogP contribution in [0.5, 0.6) is 5.75 Å². The number of ether oxygens (including phenoxy) is 1. The van der Waals surface area contributed by atoms with Gasteiger partial charge < -0.3 is 4.74 Å². The van der Waals surface area contributed by atoms with E-state index in [9.17, 15) is 4.39 Å². The molecule has 0 heterocycles. The van der Waals surface area contributed by atoms with E-state index < -0.39 is 0 Å². The van der Waals surface area contributed by atoms with Crippen LogP contribution in [0.3, 0.4) is 0 Å². The Kier molecular flexibility index (Phi) is 3.69. The van der Waals surface area contributed by atoms with Gasteiger partial charge in [0.15, 0.2) is 0 Å². The van der Waals surface area contributed by atoms with Crippen LogP contribution >= 0.6 is 27.5 Å². The van der Waals surface area contributed by atoms with Crippen LogP contribution in [-0.4, -0.2) is 7.11 Å². The summed E-state index contributed by atoms with van der Waals surface area (Å²) in [6.45, 7) is 0. The second-order valence-corrected chi connectivity index (χ2v) is 4.71. The molecule has 17 heavy (non-hydrogen) atoms. The third kappa shape index (κ3) is 2.45. The summed E-state index contributed by atoms with van der Waals surface area (Å²) in [5.74, 6) is 0.295. The number of halogens is 3. The molecule has 0 aliphatic carbocycles. The zero-order valence-electron chi connectivity index (χ0n) is 9.01. The SMILES string of the molecule is COc1cc(-c2c(F)cccc2Cl)ccc1Br. The lowest BCUT2D eigenvalue weighted by atomic mass is 10.0. The molecule has 0 bridgehead atoms. The van der Waals surface area contributed by atoms with Gasteiger partial charge in [0.2, 0.25) is 0 Å². The average molecular weight is 316 g/mol. The molecule has 0 atom stereocenters. The van der Waals surface area contributed by atoms with Crippen LogP contribution in [0, 0.1) is 5.82 Å². The minimum atomic E-state index is -0.345. The quantitative estimate of drug-likeness (QED) is 0.764. The molecule has 0 saturated heterocycles. The molecule has 0 aromatic heterocycles. The van der Waals surface area contributed by atoms with Gasteiger partial charge >= 0.3 is 0 Å². The second kappa shape index (κ2) is 5.07. The number of benzene rings is 2. The van der Waals surface area contributed by atoms with Crippen molar-refractivity contribution >= 4 is 27.5 Å². The molecule has 2 rings (SSSR count). The molecule has 0 fully saturated rings. The van der Waals surface area contributed by atoms with Crippen molar-refractivity contribution in [3.63, 3.8) is 0 Å². The van der Waals surface area contributed by atoms with Crippen LogP contribution in [0.15, 0.2) is 40.9 Å². The molecule has 2 aromatic rings. The first kappa shape index (κ1) is 12.4. The van der Waals surface area contributed by atoms with Gasteiger partial charge in [-0.1, -0.05) is 23.7 Å². The highest BCUT2D eigenvalue weighted by Crippen LogP contribution is 2.35. The smallest absolute Gasteiger partial charge is 0.133 e. The van der Waals surface area contributed by atoms with Gasteiger partial charge in [-0.25, -0.2) is 4.39 Å². The predicted molar refractivity (Wildman–Crippen MR) is 71.1 cm³/mol. The van der Waals surface area contributed by atoms with Crippen molar-refractivity contribution in [1.29, 1.82) is 0 Å². The minimum absolute atomic E-state index is 0.345. The van der Waals surface area contributed by atoms with E-state index in [0.717, 1.165) is 4.47 Å². The van der Waals surface area contributed by atoms with Crippen LogP contribution in [0.4, 0.5) is 4.39 Å². The largest absolute Gasteiger partial charge is 0.496 e. The van der Waals surface area contributed by atoms with E-state index in [0.29, 0.717) is 21.9 Å². The van der Waals surface area contributed by atoms with Gasteiger partial charge in [0.05, 0.1) is 16.6 Å². The first-order chi connectivity index (χ1) is 8.13. The first-order valence-corrected chi connectivity index (χ1v) is 6.08. The van der Waals surface area contributed by atoms with Gasteiger partial charge in [-0.3, -0.25) is 0 Å². The summed E-state index contributed by atoms with van der Waals surface area (Å²) in [7, 11) is 1.56. The maximum absolute atomic E-state index is 13.7. The normalized spacial score (nSPS) is 10.4. The minimum Gasteiger partial charge on any atom is -0.496 e. The Morgan fingerprint density at radius 2 is 2.00 bits per heavy atom. The van der Waals surface area contributed by atoms with Gasteiger partial charge in [0.1, 0.15) is 11.6 Å². The molecular weight excluding hydrogens is 306 g/mol. The van der Waals surface area contributed by atoms with Crippen LogP contribution in [0.1, 0.15) is 0 Å².